The van der Waals surface area contributed by atoms with Gasteiger partial charge in [-0.15, -0.1) is 0 Å². The predicted octanol–water partition coefficient (Wildman–Crippen LogP) is 0.300. The van der Waals surface area contributed by atoms with Crippen LogP contribution in [0.5, 0.6) is 0 Å². The summed E-state index contributed by atoms with van der Waals surface area (Å²) in [5.41, 5.74) is 0. The number of nitrogens with one attached hydrogen (secondary N) is 2. The maximum Gasteiger partial charge on any atom is 0.227 e. The Labute approximate surface area is 82.7 Å². The summed E-state index contributed by atoms with van der Waals surface area (Å²) in [6.45, 7) is 1.87. The summed E-state index contributed by atoms with van der Waals surface area (Å²) in [4.78, 5) is 11.5. The largest absolute Gasteiger partial charge is 0.469 e. The highest BCUT2D eigenvalue weighted by atomic mass is 16.3. The highest BCUT2D eigenvalue weighted by Gasteiger charge is 2.16. The molecule has 1 saturated heterocycles. The maximum atomic E-state index is 11.5. The van der Waals surface area contributed by atoms with Gasteiger partial charge >= 0.3 is 0 Å². The van der Waals surface area contributed by atoms with Crippen LogP contribution < -0.4 is 10.6 Å². The summed E-state index contributed by atoms with van der Waals surface area (Å²) in [6, 6.07) is 3.89. The Bertz CT molecular complexity index is 289. The fourth-order valence-electron chi connectivity index (χ4n) is 1.63. The topological polar surface area (TPSA) is 54.3 Å². The second kappa shape index (κ2) is 4.28. The second-order valence-corrected chi connectivity index (χ2v) is 3.51. The van der Waals surface area contributed by atoms with Crippen LogP contribution in [-0.4, -0.2) is 25.0 Å². The van der Waals surface area contributed by atoms with Gasteiger partial charge in [-0.1, -0.05) is 0 Å². The summed E-state index contributed by atoms with van der Waals surface area (Å²) in [6.07, 6.45) is 2.94. The van der Waals surface area contributed by atoms with Gasteiger partial charge < -0.3 is 15.1 Å². The lowest BCUT2D eigenvalue weighted by Crippen LogP contribution is -2.37. The summed E-state index contributed by atoms with van der Waals surface area (Å²) in [5.74, 6) is 0.752. The van der Waals surface area contributed by atoms with Gasteiger partial charge in [-0.3, -0.25) is 4.79 Å². The molecule has 14 heavy (non-hydrogen) atoms. The first kappa shape index (κ1) is 9.27. The molecule has 0 bridgehead atoms. The molecule has 2 heterocycles. The van der Waals surface area contributed by atoms with E-state index in [-0.39, 0.29) is 11.9 Å². The Morgan fingerprint density at radius 1 is 1.71 bits per heavy atom. The minimum atomic E-state index is 0.0358. The Hall–Kier alpha value is -1.29. The summed E-state index contributed by atoms with van der Waals surface area (Å²) in [7, 11) is 0. The molecule has 1 aromatic rings. The van der Waals surface area contributed by atoms with Crippen LogP contribution in [0.4, 0.5) is 0 Å². The van der Waals surface area contributed by atoms with Crippen LogP contribution >= 0.6 is 0 Å². The zero-order chi connectivity index (χ0) is 9.80. The van der Waals surface area contributed by atoms with E-state index in [4.69, 9.17) is 4.42 Å². The van der Waals surface area contributed by atoms with Crippen LogP contribution in [0, 0.1) is 0 Å². The van der Waals surface area contributed by atoms with E-state index >= 15 is 0 Å². The molecule has 0 spiro atoms. The van der Waals surface area contributed by atoms with E-state index in [9.17, 15) is 4.79 Å². The molecule has 0 aliphatic carbocycles. The van der Waals surface area contributed by atoms with E-state index in [1.54, 1.807) is 12.3 Å². The van der Waals surface area contributed by atoms with Crippen molar-refractivity contribution in [3.63, 3.8) is 0 Å². The average molecular weight is 194 g/mol. The number of carbonyl (C=O) groups excluding carboxylic acids is 1. The lowest BCUT2D eigenvalue weighted by Gasteiger charge is -2.09. The molecule has 0 radical (unpaired) electrons. The molecule has 0 aromatic carbocycles. The molecular formula is C10H14N2O2. The molecule has 1 amide bonds. The van der Waals surface area contributed by atoms with Crippen molar-refractivity contribution >= 4 is 5.91 Å². The molecule has 1 aliphatic rings. The summed E-state index contributed by atoms with van der Waals surface area (Å²) in [5, 5.41) is 6.15. The highest BCUT2D eigenvalue weighted by molar-refractivity contribution is 5.78. The normalized spacial score (nSPS) is 21.0. The Kier molecular flexibility index (Phi) is 2.84. The van der Waals surface area contributed by atoms with Crippen molar-refractivity contribution in [1.82, 2.24) is 10.6 Å². The van der Waals surface area contributed by atoms with E-state index in [1.165, 1.54) is 0 Å². The number of rotatable bonds is 3. The SMILES string of the molecule is O=C(Cc1ccco1)NC1CCNC1. The predicted molar refractivity (Wildman–Crippen MR) is 51.8 cm³/mol. The van der Waals surface area contributed by atoms with Crippen LogP contribution in [0.1, 0.15) is 12.2 Å². The van der Waals surface area contributed by atoms with Crippen molar-refractivity contribution in [2.24, 2.45) is 0 Å². The van der Waals surface area contributed by atoms with Crippen LogP contribution in [-0.2, 0) is 11.2 Å². The van der Waals surface area contributed by atoms with Crippen LogP contribution in [0.25, 0.3) is 0 Å². The van der Waals surface area contributed by atoms with Crippen molar-refractivity contribution in [2.45, 2.75) is 18.9 Å². The first-order valence-electron chi connectivity index (χ1n) is 4.87. The quantitative estimate of drug-likeness (QED) is 0.727. The fourth-order valence-corrected chi connectivity index (χ4v) is 1.63. The molecule has 2 rings (SSSR count). The van der Waals surface area contributed by atoms with Gasteiger partial charge in [0.25, 0.3) is 0 Å². The van der Waals surface area contributed by atoms with Crippen molar-refractivity contribution in [1.29, 1.82) is 0 Å². The average Bonchev–Trinajstić information content (AvgIpc) is 2.76. The van der Waals surface area contributed by atoms with Gasteiger partial charge in [0.05, 0.1) is 12.7 Å². The molecule has 4 nitrogen and oxygen atoms in total. The van der Waals surface area contributed by atoms with Gasteiger partial charge in [-0.2, -0.15) is 0 Å². The van der Waals surface area contributed by atoms with Crippen LogP contribution in [0.3, 0.4) is 0 Å². The van der Waals surface area contributed by atoms with Crippen molar-refractivity contribution in [2.75, 3.05) is 13.1 Å². The Morgan fingerprint density at radius 2 is 2.64 bits per heavy atom. The third-order valence-corrected chi connectivity index (χ3v) is 2.34. The smallest absolute Gasteiger partial charge is 0.227 e. The summed E-state index contributed by atoms with van der Waals surface area (Å²) >= 11 is 0. The van der Waals surface area contributed by atoms with E-state index in [1.807, 2.05) is 6.07 Å². The zero-order valence-corrected chi connectivity index (χ0v) is 7.95. The first-order valence-corrected chi connectivity index (χ1v) is 4.87. The number of hydrogen-bond acceptors (Lipinski definition) is 3. The molecule has 1 fully saturated rings. The van der Waals surface area contributed by atoms with Gasteiger partial charge in [0.2, 0.25) is 5.91 Å². The number of furan rings is 1. The third-order valence-electron chi connectivity index (χ3n) is 2.34. The van der Waals surface area contributed by atoms with Crippen molar-refractivity contribution in [3.05, 3.63) is 24.2 Å². The fraction of sp³-hybridized carbons (Fsp3) is 0.500. The number of carbonyl (C=O) groups is 1. The van der Waals surface area contributed by atoms with Crippen LogP contribution in [0.2, 0.25) is 0 Å². The monoisotopic (exact) mass is 194 g/mol. The lowest BCUT2D eigenvalue weighted by atomic mass is 10.2. The van der Waals surface area contributed by atoms with Gasteiger partial charge in [0.15, 0.2) is 0 Å². The molecular weight excluding hydrogens is 180 g/mol. The third kappa shape index (κ3) is 2.35. The number of amides is 1. The standard InChI is InChI=1S/C10H14N2O2/c13-10(6-9-2-1-5-14-9)12-8-3-4-11-7-8/h1-2,5,8,11H,3-4,6-7H2,(H,12,13). The van der Waals surface area contributed by atoms with E-state index in [0.29, 0.717) is 12.2 Å². The molecule has 76 valence electrons. The van der Waals surface area contributed by atoms with E-state index in [2.05, 4.69) is 10.6 Å². The molecule has 1 unspecified atom stereocenters. The van der Waals surface area contributed by atoms with Gasteiger partial charge in [-0.05, 0) is 25.1 Å². The second-order valence-electron chi connectivity index (χ2n) is 3.51. The maximum absolute atomic E-state index is 11.5. The zero-order valence-electron chi connectivity index (χ0n) is 7.95. The number of hydrogen-bond donors (Lipinski definition) is 2. The molecule has 1 aliphatic heterocycles. The first-order chi connectivity index (χ1) is 6.84. The minimum Gasteiger partial charge on any atom is -0.469 e. The van der Waals surface area contributed by atoms with Crippen molar-refractivity contribution < 1.29 is 9.21 Å². The molecule has 1 atom stereocenters. The lowest BCUT2D eigenvalue weighted by molar-refractivity contribution is -0.121. The Morgan fingerprint density at radius 3 is 3.29 bits per heavy atom. The van der Waals surface area contributed by atoms with Gasteiger partial charge in [0.1, 0.15) is 5.76 Å². The summed E-state index contributed by atoms with van der Waals surface area (Å²) < 4.78 is 5.09. The van der Waals surface area contributed by atoms with E-state index in [0.717, 1.165) is 19.5 Å². The molecule has 2 N–H and O–H groups in total. The Balaban J connectivity index is 1.78. The molecule has 0 saturated carbocycles. The van der Waals surface area contributed by atoms with Gasteiger partial charge in [-0.25, -0.2) is 0 Å². The van der Waals surface area contributed by atoms with E-state index < -0.39 is 0 Å². The minimum absolute atomic E-state index is 0.0358. The van der Waals surface area contributed by atoms with Gasteiger partial charge in [0, 0.05) is 12.6 Å². The molecule has 4 heteroatoms. The van der Waals surface area contributed by atoms with Crippen LogP contribution in [0.15, 0.2) is 22.8 Å². The van der Waals surface area contributed by atoms with Crippen molar-refractivity contribution in [3.8, 4) is 0 Å². The molecule has 1 aromatic heterocycles. The highest BCUT2D eigenvalue weighted by Crippen LogP contribution is 2.02.